The van der Waals surface area contributed by atoms with Crippen molar-refractivity contribution < 1.29 is 4.79 Å². The molecule has 0 bridgehead atoms. The lowest BCUT2D eigenvalue weighted by Gasteiger charge is -2.26. The van der Waals surface area contributed by atoms with E-state index in [0.29, 0.717) is 4.91 Å². The van der Waals surface area contributed by atoms with E-state index in [1.54, 1.807) is 0 Å². The fourth-order valence-electron chi connectivity index (χ4n) is 2.00. The second-order valence-corrected chi connectivity index (χ2v) is 7.61. The molecule has 0 aromatic heterocycles. The molecule has 0 radical (unpaired) electrons. The highest BCUT2D eigenvalue weighted by atomic mass is 79.9. The molecular weight excluding hydrogens is 356 g/mol. The van der Waals surface area contributed by atoms with Gasteiger partial charge in [0.15, 0.2) is 5.17 Å². The van der Waals surface area contributed by atoms with Crippen LogP contribution in [0.2, 0.25) is 0 Å². The number of nitrogens with zero attached hydrogens (tertiary/aromatic N) is 2. The van der Waals surface area contributed by atoms with Gasteiger partial charge in [0.05, 0.1) is 4.91 Å². The minimum atomic E-state index is -0.119. The molecule has 20 heavy (non-hydrogen) atoms. The van der Waals surface area contributed by atoms with Gasteiger partial charge in [-0.2, -0.15) is 16.8 Å². The quantitative estimate of drug-likeness (QED) is 0.710. The van der Waals surface area contributed by atoms with Crippen LogP contribution in [0.1, 0.15) is 5.56 Å². The molecule has 0 saturated carbocycles. The highest BCUT2D eigenvalue weighted by Crippen LogP contribution is 2.31. The van der Waals surface area contributed by atoms with Gasteiger partial charge in [0.1, 0.15) is 0 Å². The minimum Gasteiger partial charge on any atom is -0.349 e. The lowest BCUT2D eigenvalue weighted by Crippen LogP contribution is -2.35. The van der Waals surface area contributed by atoms with Crippen LogP contribution in [0.15, 0.2) is 38.6 Å². The first-order valence-corrected chi connectivity index (χ1v) is 9.09. The predicted molar refractivity (Wildman–Crippen MR) is 91.1 cm³/mol. The molecule has 1 amide bonds. The Morgan fingerprint density at radius 3 is 2.60 bits per heavy atom. The van der Waals surface area contributed by atoms with E-state index < -0.39 is 0 Å². The molecule has 3 rings (SSSR count). The number of halogens is 1. The van der Waals surface area contributed by atoms with Crippen molar-refractivity contribution >= 4 is 56.6 Å². The SMILES string of the molecule is O=C1N=C(N2CCSCC2)SC1=Cc1ccc(Br)cc1. The van der Waals surface area contributed by atoms with Crippen LogP contribution >= 0.6 is 39.5 Å². The van der Waals surface area contributed by atoms with E-state index in [0.717, 1.165) is 39.8 Å². The number of carbonyl (C=O) groups is 1. The summed E-state index contributed by atoms with van der Waals surface area (Å²) >= 11 is 6.85. The van der Waals surface area contributed by atoms with Gasteiger partial charge in [-0.1, -0.05) is 28.1 Å². The third-order valence-corrected chi connectivity index (χ3v) is 5.57. The van der Waals surface area contributed by atoms with Gasteiger partial charge in [-0.3, -0.25) is 4.79 Å². The van der Waals surface area contributed by atoms with Crippen molar-refractivity contribution in [2.45, 2.75) is 0 Å². The molecule has 0 aliphatic carbocycles. The van der Waals surface area contributed by atoms with Crippen molar-refractivity contribution in [1.82, 2.24) is 4.90 Å². The monoisotopic (exact) mass is 368 g/mol. The van der Waals surface area contributed by atoms with Gasteiger partial charge < -0.3 is 4.90 Å². The van der Waals surface area contributed by atoms with Crippen LogP contribution in [-0.2, 0) is 4.79 Å². The van der Waals surface area contributed by atoms with Crippen molar-refractivity contribution in [2.24, 2.45) is 4.99 Å². The molecule has 2 aliphatic heterocycles. The first-order valence-electron chi connectivity index (χ1n) is 6.33. The van der Waals surface area contributed by atoms with Gasteiger partial charge in [-0.25, -0.2) is 0 Å². The maximum absolute atomic E-state index is 12.0. The molecular formula is C14H13BrN2OS2. The van der Waals surface area contributed by atoms with Crippen LogP contribution in [0.4, 0.5) is 0 Å². The van der Waals surface area contributed by atoms with Gasteiger partial charge in [0, 0.05) is 29.1 Å². The normalized spacial score (nSPS) is 21.4. The number of amides is 1. The number of hydrogen-bond donors (Lipinski definition) is 0. The topological polar surface area (TPSA) is 32.7 Å². The van der Waals surface area contributed by atoms with E-state index in [4.69, 9.17) is 0 Å². The molecule has 0 atom stereocenters. The van der Waals surface area contributed by atoms with Crippen molar-refractivity contribution in [1.29, 1.82) is 0 Å². The van der Waals surface area contributed by atoms with E-state index in [9.17, 15) is 4.79 Å². The predicted octanol–water partition coefficient (Wildman–Crippen LogP) is 3.47. The lowest BCUT2D eigenvalue weighted by molar-refractivity contribution is -0.113. The summed E-state index contributed by atoms with van der Waals surface area (Å²) in [7, 11) is 0. The Bertz CT molecular complexity index is 577. The van der Waals surface area contributed by atoms with E-state index in [1.807, 2.05) is 42.1 Å². The highest BCUT2D eigenvalue weighted by molar-refractivity contribution is 9.10. The Hall–Kier alpha value is -0.720. The maximum atomic E-state index is 12.0. The number of rotatable bonds is 1. The van der Waals surface area contributed by atoms with E-state index >= 15 is 0 Å². The summed E-state index contributed by atoms with van der Waals surface area (Å²) in [5, 5.41) is 0.860. The lowest BCUT2D eigenvalue weighted by atomic mass is 10.2. The van der Waals surface area contributed by atoms with Crippen LogP contribution in [0.5, 0.6) is 0 Å². The van der Waals surface area contributed by atoms with Crippen molar-refractivity contribution in [3.05, 3.63) is 39.2 Å². The Labute approximate surface area is 135 Å². The summed E-state index contributed by atoms with van der Waals surface area (Å²) in [6.07, 6.45) is 1.91. The number of thioether (sulfide) groups is 2. The third kappa shape index (κ3) is 3.30. The first-order chi connectivity index (χ1) is 9.72. The Balaban J connectivity index is 1.74. The minimum absolute atomic E-state index is 0.119. The van der Waals surface area contributed by atoms with Crippen molar-refractivity contribution in [3.63, 3.8) is 0 Å². The Morgan fingerprint density at radius 2 is 1.90 bits per heavy atom. The second kappa shape index (κ2) is 6.37. The maximum Gasteiger partial charge on any atom is 0.286 e. The zero-order chi connectivity index (χ0) is 13.9. The first kappa shape index (κ1) is 14.2. The molecule has 1 aromatic rings. The molecule has 0 N–H and O–H groups in total. The highest BCUT2D eigenvalue weighted by Gasteiger charge is 2.26. The number of hydrogen-bond acceptors (Lipinski definition) is 4. The van der Waals surface area contributed by atoms with E-state index in [-0.39, 0.29) is 5.91 Å². The van der Waals surface area contributed by atoms with Crippen molar-refractivity contribution in [3.8, 4) is 0 Å². The molecule has 1 saturated heterocycles. The van der Waals surface area contributed by atoms with E-state index in [2.05, 4.69) is 25.8 Å². The largest absolute Gasteiger partial charge is 0.349 e. The number of benzene rings is 1. The zero-order valence-electron chi connectivity index (χ0n) is 10.7. The summed E-state index contributed by atoms with van der Waals surface area (Å²) in [4.78, 5) is 19.1. The standard InChI is InChI=1S/C14H13BrN2OS2/c15-11-3-1-10(2-4-11)9-12-13(18)16-14(20-12)17-5-7-19-8-6-17/h1-4,9H,5-8H2. The summed E-state index contributed by atoms with van der Waals surface area (Å²) < 4.78 is 1.04. The molecule has 1 aromatic carbocycles. The third-order valence-electron chi connectivity index (χ3n) is 3.06. The van der Waals surface area contributed by atoms with Crippen LogP contribution in [0, 0.1) is 0 Å². The molecule has 0 unspecified atom stereocenters. The van der Waals surface area contributed by atoms with Crippen LogP contribution in [0.3, 0.4) is 0 Å². The molecule has 6 heteroatoms. The molecule has 1 fully saturated rings. The van der Waals surface area contributed by atoms with Crippen LogP contribution in [0.25, 0.3) is 6.08 Å². The van der Waals surface area contributed by atoms with Crippen molar-refractivity contribution in [2.75, 3.05) is 24.6 Å². The average molecular weight is 369 g/mol. The molecule has 0 spiro atoms. The smallest absolute Gasteiger partial charge is 0.286 e. The number of amidine groups is 1. The van der Waals surface area contributed by atoms with Gasteiger partial charge in [0.25, 0.3) is 5.91 Å². The van der Waals surface area contributed by atoms with Crippen LogP contribution in [-0.4, -0.2) is 40.6 Å². The fourth-order valence-corrected chi connectivity index (χ4v) is 4.13. The summed E-state index contributed by atoms with van der Waals surface area (Å²) in [6, 6.07) is 7.92. The number of carbonyl (C=O) groups excluding carboxylic acids is 1. The van der Waals surface area contributed by atoms with Gasteiger partial charge >= 0.3 is 0 Å². The van der Waals surface area contributed by atoms with Crippen LogP contribution < -0.4 is 0 Å². The van der Waals surface area contributed by atoms with E-state index in [1.165, 1.54) is 11.8 Å². The summed E-state index contributed by atoms with van der Waals surface area (Å²) in [6.45, 7) is 1.96. The summed E-state index contributed by atoms with van der Waals surface area (Å²) in [5.41, 5.74) is 1.02. The van der Waals surface area contributed by atoms with Gasteiger partial charge in [-0.05, 0) is 35.5 Å². The molecule has 104 valence electrons. The Kier molecular flexibility index (Phi) is 4.53. The second-order valence-electron chi connectivity index (χ2n) is 4.46. The van der Waals surface area contributed by atoms with Gasteiger partial charge in [0.2, 0.25) is 0 Å². The molecule has 2 aliphatic rings. The number of aliphatic imine (C=N–C) groups is 1. The Morgan fingerprint density at radius 1 is 1.20 bits per heavy atom. The average Bonchev–Trinajstić information content (AvgIpc) is 2.84. The van der Waals surface area contributed by atoms with Gasteiger partial charge in [-0.15, -0.1) is 0 Å². The molecule has 2 heterocycles. The zero-order valence-corrected chi connectivity index (χ0v) is 13.9. The molecule has 3 nitrogen and oxygen atoms in total. The fraction of sp³-hybridized carbons (Fsp3) is 0.286. The summed E-state index contributed by atoms with van der Waals surface area (Å²) in [5.74, 6) is 2.10.